The van der Waals surface area contributed by atoms with Gasteiger partial charge in [-0.3, -0.25) is 0 Å². The van der Waals surface area contributed by atoms with E-state index < -0.39 is 6.23 Å². The zero-order chi connectivity index (χ0) is 16.4. The van der Waals surface area contributed by atoms with Crippen LogP contribution in [0.25, 0.3) is 5.57 Å². The molecule has 1 heterocycles. The number of para-hydroxylation sites is 1. The molecule has 2 atom stereocenters. The van der Waals surface area contributed by atoms with E-state index in [0.29, 0.717) is 12.1 Å². The van der Waals surface area contributed by atoms with Gasteiger partial charge in [-0.2, -0.15) is 0 Å². The third-order valence-corrected chi connectivity index (χ3v) is 4.02. The van der Waals surface area contributed by atoms with E-state index in [1.54, 1.807) is 6.08 Å². The number of anilines is 2. The van der Waals surface area contributed by atoms with E-state index in [1.807, 2.05) is 37.5 Å². The number of aliphatic hydroxyl groups is 1. The Balaban J connectivity index is 2.06. The van der Waals surface area contributed by atoms with Gasteiger partial charge >= 0.3 is 0 Å². The quantitative estimate of drug-likeness (QED) is 0.582. The summed E-state index contributed by atoms with van der Waals surface area (Å²) < 4.78 is 0. The topological polar surface area (TPSA) is 80.2 Å². The SMILES string of the molecule is CN/C=C1/C=C(c2cccc3c2N[C@H](C)CC(O)N3)C=CC1=N. The molecule has 1 aliphatic carbocycles. The molecular formula is C18H22N4O. The van der Waals surface area contributed by atoms with E-state index in [9.17, 15) is 5.11 Å². The summed E-state index contributed by atoms with van der Waals surface area (Å²) in [4.78, 5) is 0. The Bertz CT molecular complexity index is 718. The molecule has 120 valence electrons. The highest BCUT2D eigenvalue weighted by Crippen LogP contribution is 2.36. The Labute approximate surface area is 136 Å². The van der Waals surface area contributed by atoms with Gasteiger partial charge in [-0.05, 0) is 30.7 Å². The average molecular weight is 310 g/mol. The summed E-state index contributed by atoms with van der Waals surface area (Å²) in [6.07, 6.45) is 7.67. The minimum atomic E-state index is -0.558. The van der Waals surface area contributed by atoms with E-state index in [1.165, 1.54) is 0 Å². The number of rotatable bonds is 2. The van der Waals surface area contributed by atoms with Crippen LogP contribution in [-0.4, -0.2) is 30.1 Å². The highest BCUT2D eigenvalue weighted by atomic mass is 16.3. The molecule has 1 aromatic rings. The summed E-state index contributed by atoms with van der Waals surface area (Å²) in [7, 11) is 1.83. The van der Waals surface area contributed by atoms with Gasteiger partial charge in [-0.1, -0.05) is 18.2 Å². The second kappa shape index (κ2) is 6.30. The third kappa shape index (κ3) is 3.14. The van der Waals surface area contributed by atoms with Crippen LogP contribution in [0.4, 0.5) is 11.4 Å². The van der Waals surface area contributed by atoms with Crippen LogP contribution in [0, 0.1) is 5.41 Å². The second-order valence-electron chi connectivity index (χ2n) is 5.90. The number of aliphatic hydroxyl groups excluding tert-OH is 1. The number of fused-ring (bicyclic) bond motifs is 1. The lowest BCUT2D eigenvalue weighted by Crippen LogP contribution is -2.23. The largest absolute Gasteiger partial charge is 0.393 e. The van der Waals surface area contributed by atoms with Crippen molar-refractivity contribution in [1.82, 2.24) is 5.32 Å². The Morgan fingerprint density at radius 3 is 2.91 bits per heavy atom. The fourth-order valence-corrected chi connectivity index (χ4v) is 2.95. The van der Waals surface area contributed by atoms with Crippen molar-refractivity contribution >= 4 is 22.7 Å². The van der Waals surface area contributed by atoms with E-state index >= 15 is 0 Å². The van der Waals surface area contributed by atoms with Crippen molar-refractivity contribution in [3.05, 3.63) is 53.8 Å². The lowest BCUT2D eigenvalue weighted by molar-refractivity contribution is 0.190. The van der Waals surface area contributed by atoms with Crippen molar-refractivity contribution in [3.8, 4) is 0 Å². The van der Waals surface area contributed by atoms with Gasteiger partial charge in [0.1, 0.15) is 6.23 Å². The average Bonchev–Trinajstić information content (AvgIpc) is 2.65. The van der Waals surface area contributed by atoms with Gasteiger partial charge < -0.3 is 26.5 Å². The molecular weight excluding hydrogens is 288 g/mol. The van der Waals surface area contributed by atoms with E-state index in [4.69, 9.17) is 5.41 Å². The zero-order valence-corrected chi connectivity index (χ0v) is 13.4. The third-order valence-electron chi connectivity index (χ3n) is 4.02. The summed E-state index contributed by atoms with van der Waals surface area (Å²) in [6, 6.07) is 6.16. The summed E-state index contributed by atoms with van der Waals surface area (Å²) >= 11 is 0. The molecule has 2 aliphatic rings. The first-order valence-corrected chi connectivity index (χ1v) is 7.79. The van der Waals surface area contributed by atoms with Crippen molar-refractivity contribution < 1.29 is 5.11 Å². The standard InChI is InChI=1S/C18H22N4O/c1-11-8-17(23)22-16-5-3-4-14(18(16)21-11)12-6-7-15(19)13(9-12)10-20-2/h3-7,9-11,17,19-23H,8H2,1-2H3/b13-10-,19-15?/t11-,17?/m1/s1. The smallest absolute Gasteiger partial charge is 0.126 e. The van der Waals surface area contributed by atoms with E-state index in [-0.39, 0.29) is 6.04 Å². The molecule has 0 aromatic heterocycles. The molecule has 0 saturated heterocycles. The molecule has 0 fully saturated rings. The van der Waals surface area contributed by atoms with Gasteiger partial charge in [0.2, 0.25) is 0 Å². The molecule has 1 aromatic carbocycles. The van der Waals surface area contributed by atoms with Crippen LogP contribution in [-0.2, 0) is 0 Å². The molecule has 0 saturated carbocycles. The molecule has 0 bridgehead atoms. The Kier molecular flexibility index (Phi) is 4.21. The number of hydrogen-bond donors (Lipinski definition) is 5. The minimum Gasteiger partial charge on any atom is -0.393 e. The lowest BCUT2D eigenvalue weighted by atomic mass is 9.94. The summed E-state index contributed by atoms with van der Waals surface area (Å²) in [6.45, 7) is 2.06. The second-order valence-corrected chi connectivity index (χ2v) is 5.90. The van der Waals surface area contributed by atoms with Crippen LogP contribution in [0.2, 0.25) is 0 Å². The van der Waals surface area contributed by atoms with Crippen LogP contribution in [0.3, 0.4) is 0 Å². The summed E-state index contributed by atoms with van der Waals surface area (Å²) in [5.74, 6) is 0. The summed E-state index contributed by atoms with van der Waals surface area (Å²) in [5.41, 5.74) is 5.31. The van der Waals surface area contributed by atoms with E-state index in [0.717, 1.165) is 28.1 Å². The zero-order valence-electron chi connectivity index (χ0n) is 13.4. The van der Waals surface area contributed by atoms with Crippen LogP contribution in [0.1, 0.15) is 18.9 Å². The minimum absolute atomic E-state index is 0.165. The van der Waals surface area contributed by atoms with Gasteiger partial charge in [-0.25, -0.2) is 0 Å². The predicted octanol–water partition coefficient (Wildman–Crippen LogP) is 2.70. The number of hydrogen-bond acceptors (Lipinski definition) is 5. The number of benzene rings is 1. The summed E-state index contributed by atoms with van der Waals surface area (Å²) in [5, 5.41) is 27.6. The Morgan fingerprint density at radius 2 is 2.13 bits per heavy atom. The fraction of sp³-hybridized carbons (Fsp3) is 0.278. The van der Waals surface area contributed by atoms with E-state index in [2.05, 4.69) is 28.9 Å². The molecule has 0 spiro atoms. The van der Waals surface area contributed by atoms with Gasteiger partial charge in [0.25, 0.3) is 0 Å². The van der Waals surface area contributed by atoms with Crippen molar-refractivity contribution in [3.63, 3.8) is 0 Å². The molecule has 5 heteroatoms. The molecule has 5 nitrogen and oxygen atoms in total. The first kappa shape index (κ1) is 15.4. The molecule has 3 rings (SSSR count). The highest BCUT2D eigenvalue weighted by molar-refractivity contribution is 6.13. The molecule has 1 aliphatic heterocycles. The normalized spacial score (nSPS) is 25.1. The Hall–Kier alpha value is -2.53. The lowest BCUT2D eigenvalue weighted by Gasteiger charge is -2.19. The van der Waals surface area contributed by atoms with Crippen molar-refractivity contribution in [2.24, 2.45) is 0 Å². The maximum atomic E-state index is 10.0. The van der Waals surface area contributed by atoms with Gasteiger partial charge in [0, 0.05) is 36.8 Å². The molecule has 0 radical (unpaired) electrons. The maximum absolute atomic E-state index is 10.0. The van der Waals surface area contributed by atoms with Crippen LogP contribution in [0.5, 0.6) is 0 Å². The number of nitrogens with one attached hydrogen (secondary N) is 4. The molecule has 1 unspecified atom stereocenters. The van der Waals surface area contributed by atoms with Gasteiger partial charge in [0.05, 0.1) is 17.1 Å². The van der Waals surface area contributed by atoms with Crippen LogP contribution in [0.15, 0.2) is 48.2 Å². The maximum Gasteiger partial charge on any atom is 0.126 e. The van der Waals surface area contributed by atoms with Crippen LogP contribution >= 0.6 is 0 Å². The fourth-order valence-electron chi connectivity index (χ4n) is 2.95. The van der Waals surface area contributed by atoms with Gasteiger partial charge in [0.15, 0.2) is 0 Å². The predicted molar refractivity (Wildman–Crippen MR) is 95.8 cm³/mol. The van der Waals surface area contributed by atoms with Crippen molar-refractivity contribution in [2.45, 2.75) is 25.6 Å². The van der Waals surface area contributed by atoms with Gasteiger partial charge in [-0.15, -0.1) is 0 Å². The van der Waals surface area contributed by atoms with Crippen molar-refractivity contribution in [1.29, 1.82) is 5.41 Å². The monoisotopic (exact) mass is 310 g/mol. The highest BCUT2D eigenvalue weighted by Gasteiger charge is 2.21. The molecule has 23 heavy (non-hydrogen) atoms. The molecule has 5 N–H and O–H groups in total. The van der Waals surface area contributed by atoms with Crippen LogP contribution < -0.4 is 16.0 Å². The Morgan fingerprint density at radius 1 is 1.30 bits per heavy atom. The first-order chi connectivity index (χ1) is 11.1. The molecule has 0 amide bonds. The number of allylic oxidation sites excluding steroid dienone is 5. The first-order valence-electron chi connectivity index (χ1n) is 7.79. The van der Waals surface area contributed by atoms with Crippen molar-refractivity contribution in [2.75, 3.05) is 17.7 Å².